The lowest BCUT2D eigenvalue weighted by molar-refractivity contribution is -0.139. The molecule has 0 saturated carbocycles. The van der Waals surface area contributed by atoms with Crippen LogP contribution in [-0.2, 0) is 24.1 Å². The first-order valence-corrected chi connectivity index (χ1v) is 9.48. The van der Waals surface area contributed by atoms with E-state index in [0.717, 1.165) is 35.6 Å². The van der Waals surface area contributed by atoms with Crippen LogP contribution in [0.3, 0.4) is 0 Å². The number of aliphatic carboxylic acids is 1. The first-order chi connectivity index (χ1) is 13.6. The lowest BCUT2D eigenvalue weighted by atomic mass is 10.0. The Hall–Kier alpha value is -3.34. The number of amides is 2. The fourth-order valence-corrected chi connectivity index (χ4v) is 3.78. The van der Waals surface area contributed by atoms with Crippen LogP contribution in [0, 0.1) is 0 Å². The van der Waals surface area contributed by atoms with Gasteiger partial charge in [0.05, 0.1) is 0 Å². The number of benzene rings is 3. The molecule has 0 bridgehead atoms. The van der Waals surface area contributed by atoms with Gasteiger partial charge in [0.2, 0.25) is 0 Å². The minimum absolute atomic E-state index is 0.220. The quantitative estimate of drug-likeness (QED) is 0.628. The summed E-state index contributed by atoms with van der Waals surface area (Å²) in [6.45, 7) is 0. The largest absolute Gasteiger partial charge is 0.480 e. The van der Waals surface area contributed by atoms with Crippen LogP contribution in [-0.4, -0.2) is 23.1 Å². The van der Waals surface area contributed by atoms with Gasteiger partial charge in [0.1, 0.15) is 6.04 Å². The van der Waals surface area contributed by atoms with Crippen LogP contribution in [0.2, 0.25) is 0 Å². The van der Waals surface area contributed by atoms with Crippen molar-refractivity contribution in [1.29, 1.82) is 0 Å². The third-order valence-corrected chi connectivity index (χ3v) is 5.21. The monoisotopic (exact) mass is 374 g/mol. The van der Waals surface area contributed by atoms with E-state index in [1.807, 2.05) is 60.7 Å². The smallest absolute Gasteiger partial charge is 0.326 e. The van der Waals surface area contributed by atoms with Crippen molar-refractivity contribution >= 4 is 28.5 Å². The number of hydrogen-bond acceptors (Lipinski definition) is 2. The molecule has 0 spiro atoms. The van der Waals surface area contributed by atoms with E-state index in [0.29, 0.717) is 5.69 Å². The van der Waals surface area contributed by atoms with Gasteiger partial charge in [0, 0.05) is 12.1 Å². The summed E-state index contributed by atoms with van der Waals surface area (Å²) in [7, 11) is 0. The molecular weight excluding hydrogens is 352 g/mol. The Bertz CT molecular complexity index is 1040. The van der Waals surface area contributed by atoms with Gasteiger partial charge in [0.15, 0.2) is 0 Å². The second kappa shape index (κ2) is 7.72. The van der Waals surface area contributed by atoms with E-state index in [1.54, 1.807) is 0 Å². The maximum absolute atomic E-state index is 12.3. The molecule has 5 heteroatoms. The molecule has 0 saturated heterocycles. The lowest BCUT2D eigenvalue weighted by Crippen LogP contribution is -2.44. The highest BCUT2D eigenvalue weighted by molar-refractivity contribution is 5.92. The number of carbonyl (C=O) groups excluding carboxylic acids is 1. The molecule has 1 aliphatic rings. The SMILES string of the molecule is O=C(Nc1ccc2c(c1)CCC2)NC(Cc1ccc2ccccc2c1)C(=O)O. The molecule has 3 N–H and O–H groups in total. The summed E-state index contributed by atoms with van der Waals surface area (Å²) in [6.07, 6.45) is 3.45. The van der Waals surface area contributed by atoms with Crippen molar-refractivity contribution in [1.82, 2.24) is 5.32 Å². The van der Waals surface area contributed by atoms with Crippen molar-refractivity contribution in [3.63, 3.8) is 0 Å². The lowest BCUT2D eigenvalue weighted by Gasteiger charge is -2.16. The number of hydrogen-bond donors (Lipinski definition) is 3. The molecule has 3 aromatic rings. The molecule has 0 fully saturated rings. The zero-order valence-corrected chi connectivity index (χ0v) is 15.4. The zero-order chi connectivity index (χ0) is 19.5. The summed E-state index contributed by atoms with van der Waals surface area (Å²) in [5, 5.41) is 17.0. The molecule has 1 unspecified atom stereocenters. The van der Waals surface area contributed by atoms with Gasteiger partial charge in [-0.2, -0.15) is 0 Å². The van der Waals surface area contributed by atoms with Gasteiger partial charge in [-0.3, -0.25) is 0 Å². The molecule has 5 nitrogen and oxygen atoms in total. The normalized spacial score (nSPS) is 13.7. The Morgan fingerprint density at radius 3 is 2.54 bits per heavy atom. The maximum Gasteiger partial charge on any atom is 0.326 e. The summed E-state index contributed by atoms with van der Waals surface area (Å²) in [4.78, 5) is 24.0. The summed E-state index contributed by atoms with van der Waals surface area (Å²) in [5.74, 6) is -1.06. The number of carboxylic acids is 1. The maximum atomic E-state index is 12.3. The molecule has 28 heavy (non-hydrogen) atoms. The molecule has 2 amide bonds. The molecule has 4 rings (SSSR count). The third-order valence-electron chi connectivity index (χ3n) is 5.21. The van der Waals surface area contributed by atoms with E-state index >= 15 is 0 Å². The van der Waals surface area contributed by atoms with Crippen LogP contribution in [0.4, 0.5) is 10.5 Å². The molecular formula is C23H22N2O3. The molecule has 142 valence electrons. The van der Waals surface area contributed by atoms with E-state index in [9.17, 15) is 14.7 Å². The van der Waals surface area contributed by atoms with Crippen molar-refractivity contribution in [2.75, 3.05) is 5.32 Å². The molecule has 0 heterocycles. The Balaban J connectivity index is 1.43. The van der Waals surface area contributed by atoms with E-state index in [1.165, 1.54) is 11.1 Å². The Morgan fingerprint density at radius 1 is 0.929 bits per heavy atom. The highest BCUT2D eigenvalue weighted by atomic mass is 16.4. The predicted octanol–water partition coefficient (Wildman–Crippen LogP) is 4.15. The highest BCUT2D eigenvalue weighted by Crippen LogP contribution is 2.25. The van der Waals surface area contributed by atoms with Gasteiger partial charge in [-0.25, -0.2) is 9.59 Å². The number of fused-ring (bicyclic) bond motifs is 2. The summed E-state index contributed by atoms with van der Waals surface area (Å²) < 4.78 is 0. The predicted molar refractivity (Wildman–Crippen MR) is 110 cm³/mol. The average molecular weight is 374 g/mol. The van der Waals surface area contributed by atoms with Crippen molar-refractivity contribution in [2.24, 2.45) is 0 Å². The van der Waals surface area contributed by atoms with Crippen LogP contribution < -0.4 is 10.6 Å². The van der Waals surface area contributed by atoms with Crippen molar-refractivity contribution in [3.8, 4) is 0 Å². The van der Waals surface area contributed by atoms with E-state index in [-0.39, 0.29) is 6.42 Å². The number of rotatable bonds is 5. The first kappa shape index (κ1) is 18.0. The second-order valence-electron chi connectivity index (χ2n) is 7.21. The Morgan fingerprint density at radius 2 is 1.71 bits per heavy atom. The van der Waals surface area contributed by atoms with Gasteiger partial charge < -0.3 is 15.7 Å². The van der Waals surface area contributed by atoms with E-state index < -0.39 is 18.0 Å². The van der Waals surface area contributed by atoms with Crippen LogP contribution in [0.5, 0.6) is 0 Å². The third kappa shape index (κ3) is 3.98. The molecule has 1 atom stereocenters. The summed E-state index contributed by atoms with van der Waals surface area (Å²) in [5.41, 5.74) is 4.13. The molecule has 0 radical (unpaired) electrons. The van der Waals surface area contributed by atoms with Crippen LogP contribution in [0.25, 0.3) is 10.8 Å². The van der Waals surface area contributed by atoms with Gasteiger partial charge in [-0.15, -0.1) is 0 Å². The minimum atomic E-state index is -1.06. The van der Waals surface area contributed by atoms with Crippen molar-refractivity contribution in [2.45, 2.75) is 31.7 Å². The number of carboxylic acid groups (broad SMARTS) is 1. The standard InChI is InChI=1S/C23H22N2O3/c26-22(27)21(13-15-8-9-16-4-1-2-5-18(16)12-15)25-23(28)24-20-11-10-17-6-3-7-19(17)14-20/h1-2,4-5,8-12,14,21H,3,6-7,13H2,(H,26,27)(H2,24,25,28). The average Bonchev–Trinajstić information content (AvgIpc) is 3.15. The molecule has 0 aliphatic heterocycles. The van der Waals surface area contributed by atoms with E-state index in [2.05, 4.69) is 10.6 Å². The minimum Gasteiger partial charge on any atom is -0.480 e. The first-order valence-electron chi connectivity index (χ1n) is 9.48. The van der Waals surface area contributed by atoms with Gasteiger partial charge in [-0.05, 0) is 58.9 Å². The Kier molecular flexibility index (Phi) is 4.98. The number of anilines is 1. The van der Waals surface area contributed by atoms with E-state index in [4.69, 9.17) is 0 Å². The van der Waals surface area contributed by atoms with Gasteiger partial charge in [0.25, 0.3) is 0 Å². The van der Waals surface area contributed by atoms with Gasteiger partial charge >= 0.3 is 12.0 Å². The number of aryl methyl sites for hydroxylation is 2. The summed E-state index contributed by atoms with van der Waals surface area (Å²) in [6, 6.07) is 18.1. The fraction of sp³-hybridized carbons (Fsp3) is 0.217. The van der Waals surface area contributed by atoms with Crippen LogP contribution in [0.15, 0.2) is 60.7 Å². The van der Waals surface area contributed by atoms with Crippen molar-refractivity contribution < 1.29 is 14.7 Å². The molecule has 0 aromatic heterocycles. The summed E-state index contributed by atoms with van der Waals surface area (Å²) >= 11 is 0. The molecule has 1 aliphatic carbocycles. The van der Waals surface area contributed by atoms with Crippen LogP contribution in [0.1, 0.15) is 23.1 Å². The number of nitrogens with one attached hydrogen (secondary N) is 2. The van der Waals surface area contributed by atoms with Crippen LogP contribution >= 0.6 is 0 Å². The molecule has 3 aromatic carbocycles. The Labute approximate surface area is 163 Å². The van der Waals surface area contributed by atoms with Gasteiger partial charge in [-0.1, -0.05) is 48.5 Å². The van der Waals surface area contributed by atoms with Crippen molar-refractivity contribution in [3.05, 3.63) is 77.4 Å². The second-order valence-corrected chi connectivity index (χ2v) is 7.21. The highest BCUT2D eigenvalue weighted by Gasteiger charge is 2.21. The zero-order valence-electron chi connectivity index (χ0n) is 15.4. The fourth-order valence-electron chi connectivity index (χ4n) is 3.78. The number of carbonyl (C=O) groups is 2. The topological polar surface area (TPSA) is 78.4 Å². The number of urea groups is 1.